The topological polar surface area (TPSA) is 114 Å². The number of hydrogen-bond acceptors (Lipinski definition) is 7. The molecule has 3 aliphatic heterocycles. The van der Waals surface area contributed by atoms with Crippen LogP contribution in [0.2, 0.25) is 0 Å². The summed E-state index contributed by atoms with van der Waals surface area (Å²) in [5, 5.41) is 24.0. The van der Waals surface area contributed by atoms with Crippen molar-refractivity contribution in [3.8, 4) is 0 Å². The lowest BCUT2D eigenvalue weighted by Gasteiger charge is -2.54. The average molecular weight is 487 g/mol. The number of carbonyl (C=O) groups is 1. The first-order valence-corrected chi connectivity index (χ1v) is 12.4. The fraction of sp³-hybridized carbons (Fsp3) is 0.370. The molecule has 3 aliphatic rings. The lowest BCUT2D eigenvalue weighted by molar-refractivity contribution is -0.126. The van der Waals surface area contributed by atoms with Gasteiger partial charge in [-0.3, -0.25) is 19.8 Å². The minimum atomic E-state index is -0.345. The van der Waals surface area contributed by atoms with Crippen LogP contribution >= 0.6 is 0 Å². The average Bonchev–Trinajstić information content (AvgIpc) is 2.89. The summed E-state index contributed by atoms with van der Waals surface area (Å²) in [6.45, 7) is 1.75. The van der Waals surface area contributed by atoms with E-state index >= 15 is 0 Å². The van der Waals surface area contributed by atoms with Gasteiger partial charge in [-0.1, -0.05) is 12.1 Å². The summed E-state index contributed by atoms with van der Waals surface area (Å²) >= 11 is 0. The van der Waals surface area contributed by atoms with Gasteiger partial charge in [-0.2, -0.15) is 0 Å². The van der Waals surface area contributed by atoms with E-state index in [0.717, 1.165) is 29.1 Å². The van der Waals surface area contributed by atoms with Gasteiger partial charge in [0.05, 0.1) is 11.6 Å². The fourth-order valence-electron chi connectivity index (χ4n) is 6.45. The highest BCUT2D eigenvalue weighted by atomic mass is 16.8. The minimum Gasteiger partial charge on any atom is -0.733 e. The Balaban J connectivity index is 1.33. The number of benzene rings is 1. The second-order valence-corrected chi connectivity index (χ2v) is 9.99. The molecule has 36 heavy (non-hydrogen) atoms. The molecular weight excluding hydrogens is 458 g/mol. The van der Waals surface area contributed by atoms with Crippen LogP contribution in [-0.2, 0) is 24.2 Å². The SMILES string of the molecule is O=C(NCCc1ccccn1)C1Cc2cc(N([O-])O)ccc2N2CC3CC(Cn4c3cccc4=O)C12. The number of carbonyl (C=O) groups excluding carboxylic acids is 1. The zero-order valence-corrected chi connectivity index (χ0v) is 19.8. The molecule has 2 bridgehead atoms. The maximum Gasteiger partial charge on any atom is 0.250 e. The Morgan fingerprint density at radius 1 is 1.17 bits per heavy atom. The molecule has 0 aliphatic carbocycles. The molecular formula is C27H28N5O4-. The first-order chi connectivity index (χ1) is 17.5. The van der Waals surface area contributed by atoms with Gasteiger partial charge in [0.2, 0.25) is 5.91 Å². The van der Waals surface area contributed by atoms with Gasteiger partial charge < -0.3 is 25.2 Å². The number of anilines is 2. The van der Waals surface area contributed by atoms with Gasteiger partial charge in [0, 0.05) is 67.4 Å². The largest absolute Gasteiger partial charge is 0.733 e. The summed E-state index contributed by atoms with van der Waals surface area (Å²) in [7, 11) is 0. The van der Waals surface area contributed by atoms with Crippen LogP contribution in [0.5, 0.6) is 0 Å². The van der Waals surface area contributed by atoms with Crippen LogP contribution in [0.1, 0.15) is 29.3 Å². The van der Waals surface area contributed by atoms with E-state index < -0.39 is 0 Å². The fourth-order valence-corrected chi connectivity index (χ4v) is 6.45. The van der Waals surface area contributed by atoms with E-state index in [9.17, 15) is 20.0 Å². The molecule has 9 heteroatoms. The summed E-state index contributed by atoms with van der Waals surface area (Å²) in [5.74, 6) is -0.0578. The molecule has 4 atom stereocenters. The molecule has 2 N–H and O–H groups in total. The Morgan fingerprint density at radius 2 is 2.06 bits per heavy atom. The number of piperidine rings is 1. The van der Waals surface area contributed by atoms with Crippen LogP contribution in [0.25, 0.3) is 0 Å². The van der Waals surface area contributed by atoms with E-state index in [1.165, 1.54) is 0 Å². The summed E-state index contributed by atoms with van der Waals surface area (Å²) in [5.41, 5.74) is 3.97. The number of amides is 1. The molecule has 4 unspecified atom stereocenters. The van der Waals surface area contributed by atoms with Gasteiger partial charge in [0.15, 0.2) is 0 Å². The van der Waals surface area contributed by atoms with E-state index in [0.29, 0.717) is 32.5 Å². The predicted molar refractivity (Wildman–Crippen MR) is 135 cm³/mol. The monoisotopic (exact) mass is 486 g/mol. The van der Waals surface area contributed by atoms with Gasteiger partial charge >= 0.3 is 0 Å². The standard InChI is InChI=1S/C27H28N5O4/c33-25-6-3-5-23-18-12-19(16-30(23)25)26-22(27(34)29-11-9-20-4-1-2-10-28-20)14-17-13-21(32(35)36)7-8-24(17)31(26)15-18/h1-8,10,13,18-19,22,26,35H,9,11-12,14-16H2,(H,29,34)/q-1. The second kappa shape index (κ2) is 9.07. The number of pyridine rings is 2. The summed E-state index contributed by atoms with van der Waals surface area (Å²) in [4.78, 5) is 32.9. The molecule has 186 valence electrons. The Kier molecular flexibility index (Phi) is 5.73. The highest BCUT2D eigenvalue weighted by Crippen LogP contribution is 2.47. The van der Waals surface area contributed by atoms with Crippen LogP contribution in [0.4, 0.5) is 11.4 Å². The minimum absolute atomic E-state index is 0.00588. The third-order valence-electron chi connectivity index (χ3n) is 7.95. The van der Waals surface area contributed by atoms with E-state index in [-0.39, 0.29) is 46.2 Å². The molecule has 1 aromatic carbocycles. The van der Waals surface area contributed by atoms with Crippen molar-refractivity contribution in [1.29, 1.82) is 0 Å². The van der Waals surface area contributed by atoms with Gasteiger partial charge in [-0.15, -0.1) is 0 Å². The van der Waals surface area contributed by atoms with Crippen molar-refractivity contribution < 1.29 is 10.0 Å². The van der Waals surface area contributed by atoms with Crippen LogP contribution in [0.15, 0.2) is 65.6 Å². The number of nitrogens with zero attached hydrogens (tertiary/aromatic N) is 4. The van der Waals surface area contributed by atoms with Crippen LogP contribution < -0.4 is 21.0 Å². The Morgan fingerprint density at radius 3 is 2.86 bits per heavy atom. The summed E-state index contributed by atoms with van der Waals surface area (Å²) in [6, 6.07) is 16.3. The first kappa shape index (κ1) is 22.8. The van der Waals surface area contributed by atoms with Crippen molar-refractivity contribution in [2.24, 2.45) is 11.8 Å². The smallest absolute Gasteiger partial charge is 0.250 e. The van der Waals surface area contributed by atoms with Crippen molar-refractivity contribution in [3.05, 3.63) is 93.3 Å². The predicted octanol–water partition coefficient (Wildman–Crippen LogP) is 2.46. The number of fused-ring (bicyclic) bond motifs is 8. The van der Waals surface area contributed by atoms with E-state index in [1.54, 1.807) is 24.4 Å². The van der Waals surface area contributed by atoms with Crippen molar-refractivity contribution >= 4 is 17.3 Å². The third-order valence-corrected chi connectivity index (χ3v) is 7.95. The third kappa shape index (κ3) is 3.94. The zero-order chi connectivity index (χ0) is 24.8. The summed E-state index contributed by atoms with van der Waals surface area (Å²) < 4.78 is 1.88. The van der Waals surface area contributed by atoms with E-state index in [1.807, 2.05) is 41.0 Å². The van der Waals surface area contributed by atoms with Crippen LogP contribution in [-0.4, -0.2) is 39.8 Å². The molecule has 6 rings (SSSR count). The van der Waals surface area contributed by atoms with E-state index in [2.05, 4.69) is 15.2 Å². The van der Waals surface area contributed by atoms with Crippen molar-refractivity contribution in [3.63, 3.8) is 0 Å². The van der Waals surface area contributed by atoms with Crippen molar-refractivity contribution in [2.45, 2.75) is 37.8 Å². The van der Waals surface area contributed by atoms with Gasteiger partial charge in [-0.05, 0) is 60.7 Å². The first-order valence-electron chi connectivity index (χ1n) is 12.4. The molecule has 0 spiro atoms. The number of nitrogens with one attached hydrogen (secondary N) is 1. The molecule has 0 saturated carbocycles. The highest BCUT2D eigenvalue weighted by Gasteiger charge is 2.49. The number of aromatic nitrogens is 2. The van der Waals surface area contributed by atoms with E-state index in [4.69, 9.17) is 0 Å². The van der Waals surface area contributed by atoms with Crippen LogP contribution in [0.3, 0.4) is 0 Å². The van der Waals surface area contributed by atoms with Gasteiger partial charge in [0.25, 0.3) is 5.56 Å². The van der Waals surface area contributed by atoms with Crippen molar-refractivity contribution in [1.82, 2.24) is 14.9 Å². The maximum atomic E-state index is 13.6. The molecule has 1 fully saturated rings. The molecule has 2 aromatic heterocycles. The molecule has 1 amide bonds. The zero-order valence-electron chi connectivity index (χ0n) is 19.8. The lowest BCUT2D eigenvalue weighted by Crippen LogP contribution is -2.61. The molecule has 9 nitrogen and oxygen atoms in total. The molecule has 1 saturated heterocycles. The molecule has 3 aromatic rings. The molecule has 0 radical (unpaired) electrons. The highest BCUT2D eigenvalue weighted by molar-refractivity contribution is 5.82. The van der Waals surface area contributed by atoms with Crippen LogP contribution in [0, 0.1) is 17.0 Å². The number of rotatable bonds is 5. The summed E-state index contributed by atoms with van der Waals surface area (Å²) in [6.07, 6.45) is 3.77. The normalized spacial score (nSPS) is 23.8. The number of hydrogen-bond donors (Lipinski definition) is 2. The molecule has 5 heterocycles. The van der Waals surface area contributed by atoms with Gasteiger partial charge in [-0.25, -0.2) is 0 Å². The second-order valence-electron chi connectivity index (χ2n) is 9.99. The lowest BCUT2D eigenvalue weighted by atomic mass is 9.70. The Bertz CT molecular complexity index is 1340. The quantitative estimate of drug-likeness (QED) is 0.533. The Labute approximate surface area is 208 Å². The Hall–Kier alpha value is -3.69. The van der Waals surface area contributed by atoms with Crippen molar-refractivity contribution in [2.75, 3.05) is 23.2 Å². The maximum absolute atomic E-state index is 13.6. The van der Waals surface area contributed by atoms with Gasteiger partial charge in [0.1, 0.15) is 0 Å².